The van der Waals surface area contributed by atoms with Crippen molar-refractivity contribution in [2.75, 3.05) is 18.0 Å². The number of benzene rings is 2. The molecular formula is C25H22FN3O2. The van der Waals surface area contributed by atoms with Crippen LogP contribution in [0.5, 0.6) is 0 Å². The first kappa shape index (κ1) is 19.4. The summed E-state index contributed by atoms with van der Waals surface area (Å²) in [4.78, 5) is 33.8. The normalized spacial score (nSPS) is 19.9. The number of anilines is 1. The predicted molar refractivity (Wildman–Crippen MR) is 115 cm³/mol. The SMILES string of the molecule is O=C(c1ccncc1)N1CCC2(CC1)C(=O)N(c1cccc(F)c1)C2c1ccccc1. The first-order chi connectivity index (χ1) is 15.1. The van der Waals surface area contributed by atoms with Crippen molar-refractivity contribution in [2.24, 2.45) is 5.41 Å². The molecule has 5 rings (SSSR count). The van der Waals surface area contributed by atoms with E-state index in [4.69, 9.17) is 0 Å². The first-order valence-corrected chi connectivity index (χ1v) is 10.4. The number of hydrogen-bond donors (Lipinski definition) is 0. The van der Waals surface area contributed by atoms with Gasteiger partial charge >= 0.3 is 0 Å². The molecule has 6 heteroatoms. The molecule has 5 nitrogen and oxygen atoms in total. The molecule has 0 radical (unpaired) electrons. The number of nitrogens with zero attached hydrogens (tertiary/aromatic N) is 3. The lowest BCUT2D eigenvalue weighted by atomic mass is 9.62. The summed E-state index contributed by atoms with van der Waals surface area (Å²) in [5, 5.41) is 0. The predicted octanol–water partition coefficient (Wildman–Crippen LogP) is 4.23. The molecule has 31 heavy (non-hydrogen) atoms. The maximum atomic E-state index is 13.9. The molecule has 2 fully saturated rings. The second-order valence-corrected chi connectivity index (χ2v) is 8.15. The summed E-state index contributed by atoms with van der Waals surface area (Å²) in [6.07, 6.45) is 4.37. The standard InChI is InChI=1S/C25H22FN3O2/c26-20-7-4-8-21(17-20)29-22(18-5-2-1-3-6-18)25(24(29)31)11-15-28(16-12-25)23(30)19-9-13-27-14-10-19/h1-10,13-14,17,22H,11-12,15-16H2. The summed E-state index contributed by atoms with van der Waals surface area (Å²) in [6.45, 7) is 1.01. The Morgan fingerprint density at radius 3 is 2.35 bits per heavy atom. The molecule has 1 atom stereocenters. The van der Waals surface area contributed by atoms with Crippen LogP contribution in [0, 0.1) is 11.2 Å². The van der Waals surface area contributed by atoms with E-state index in [1.807, 2.05) is 30.3 Å². The minimum absolute atomic E-state index is 0.00274. The molecule has 0 aliphatic carbocycles. The Hall–Kier alpha value is -3.54. The van der Waals surface area contributed by atoms with Crippen LogP contribution >= 0.6 is 0 Å². The minimum atomic E-state index is -0.581. The van der Waals surface area contributed by atoms with E-state index in [2.05, 4.69) is 4.98 Å². The highest BCUT2D eigenvalue weighted by Gasteiger charge is 2.62. The van der Waals surface area contributed by atoms with E-state index in [9.17, 15) is 14.0 Å². The van der Waals surface area contributed by atoms with Gasteiger partial charge in [-0.15, -0.1) is 0 Å². The number of carbonyl (C=O) groups is 2. The fraction of sp³-hybridized carbons (Fsp3) is 0.240. The summed E-state index contributed by atoms with van der Waals surface area (Å²) < 4.78 is 13.9. The molecule has 2 amide bonds. The van der Waals surface area contributed by atoms with Crippen LogP contribution in [-0.4, -0.2) is 34.8 Å². The molecule has 0 bridgehead atoms. The van der Waals surface area contributed by atoms with E-state index in [-0.39, 0.29) is 23.7 Å². The number of rotatable bonds is 3. The van der Waals surface area contributed by atoms with Gasteiger partial charge in [-0.05, 0) is 48.7 Å². The quantitative estimate of drug-likeness (QED) is 0.602. The van der Waals surface area contributed by atoms with E-state index in [0.717, 1.165) is 5.56 Å². The van der Waals surface area contributed by atoms with Crippen molar-refractivity contribution >= 4 is 17.5 Å². The van der Waals surface area contributed by atoms with E-state index >= 15 is 0 Å². The van der Waals surface area contributed by atoms with E-state index in [0.29, 0.717) is 37.2 Å². The lowest BCUT2D eigenvalue weighted by Crippen LogP contribution is -2.67. The van der Waals surface area contributed by atoms with Crippen molar-refractivity contribution in [3.8, 4) is 0 Å². The van der Waals surface area contributed by atoms with Gasteiger partial charge in [-0.25, -0.2) is 4.39 Å². The minimum Gasteiger partial charge on any atom is -0.339 e. The highest BCUT2D eigenvalue weighted by molar-refractivity contribution is 6.06. The van der Waals surface area contributed by atoms with Crippen LogP contribution in [0.4, 0.5) is 10.1 Å². The topological polar surface area (TPSA) is 53.5 Å². The monoisotopic (exact) mass is 415 g/mol. The molecule has 1 aromatic heterocycles. The number of β-lactam (4-membered cyclic amide) rings is 1. The van der Waals surface area contributed by atoms with Crippen LogP contribution < -0.4 is 4.90 Å². The van der Waals surface area contributed by atoms with Gasteiger partial charge < -0.3 is 9.80 Å². The fourth-order valence-corrected chi connectivity index (χ4v) is 4.92. The molecule has 3 heterocycles. The third kappa shape index (κ3) is 3.19. The lowest BCUT2D eigenvalue weighted by molar-refractivity contribution is -0.144. The second-order valence-electron chi connectivity index (χ2n) is 8.15. The zero-order valence-electron chi connectivity index (χ0n) is 16.9. The zero-order valence-corrected chi connectivity index (χ0v) is 16.9. The first-order valence-electron chi connectivity index (χ1n) is 10.4. The smallest absolute Gasteiger partial charge is 0.253 e. The molecule has 0 N–H and O–H groups in total. The van der Waals surface area contributed by atoms with Crippen LogP contribution in [0.15, 0.2) is 79.1 Å². The van der Waals surface area contributed by atoms with Crippen LogP contribution in [0.25, 0.3) is 0 Å². The third-order valence-corrected chi connectivity index (χ3v) is 6.50. The largest absolute Gasteiger partial charge is 0.339 e. The van der Waals surface area contributed by atoms with Crippen LogP contribution in [0.2, 0.25) is 0 Å². The van der Waals surface area contributed by atoms with Gasteiger partial charge in [0, 0.05) is 36.7 Å². The third-order valence-electron chi connectivity index (χ3n) is 6.50. The Balaban J connectivity index is 1.43. The van der Waals surface area contributed by atoms with Gasteiger partial charge in [0.2, 0.25) is 5.91 Å². The summed E-state index contributed by atoms with van der Waals surface area (Å²) in [5.41, 5.74) is 1.62. The van der Waals surface area contributed by atoms with Crippen molar-refractivity contribution < 1.29 is 14.0 Å². The molecule has 2 aliphatic rings. The molecule has 3 aromatic rings. The number of halogens is 1. The number of pyridine rings is 1. The Kier molecular flexibility index (Phi) is 4.77. The lowest BCUT2D eigenvalue weighted by Gasteiger charge is -2.59. The fourth-order valence-electron chi connectivity index (χ4n) is 4.92. The maximum Gasteiger partial charge on any atom is 0.253 e. The zero-order chi connectivity index (χ0) is 21.4. The van der Waals surface area contributed by atoms with Crippen molar-refractivity contribution in [2.45, 2.75) is 18.9 Å². The molecule has 2 aliphatic heterocycles. The van der Waals surface area contributed by atoms with Crippen molar-refractivity contribution in [1.29, 1.82) is 0 Å². The highest BCUT2D eigenvalue weighted by atomic mass is 19.1. The highest BCUT2D eigenvalue weighted by Crippen LogP contribution is 2.57. The number of amides is 2. The van der Waals surface area contributed by atoms with E-state index < -0.39 is 5.41 Å². The summed E-state index contributed by atoms with van der Waals surface area (Å²) >= 11 is 0. The van der Waals surface area contributed by atoms with Gasteiger partial charge in [-0.2, -0.15) is 0 Å². The number of hydrogen-bond acceptors (Lipinski definition) is 3. The Labute approximate surface area is 180 Å². The maximum absolute atomic E-state index is 13.9. The average Bonchev–Trinajstić information content (AvgIpc) is 2.82. The van der Waals surface area contributed by atoms with Gasteiger partial charge in [-0.3, -0.25) is 14.6 Å². The Morgan fingerprint density at radius 2 is 1.68 bits per heavy atom. The van der Waals surface area contributed by atoms with Gasteiger partial charge in [-0.1, -0.05) is 36.4 Å². The number of piperidine rings is 1. The van der Waals surface area contributed by atoms with Crippen molar-refractivity contribution in [3.05, 3.63) is 96.1 Å². The molecule has 1 spiro atoms. The Morgan fingerprint density at radius 1 is 0.968 bits per heavy atom. The van der Waals surface area contributed by atoms with Crippen LogP contribution in [0.1, 0.15) is 34.8 Å². The van der Waals surface area contributed by atoms with Crippen LogP contribution in [0.3, 0.4) is 0 Å². The van der Waals surface area contributed by atoms with Gasteiger partial charge in [0.15, 0.2) is 0 Å². The van der Waals surface area contributed by atoms with Crippen molar-refractivity contribution in [3.63, 3.8) is 0 Å². The van der Waals surface area contributed by atoms with Gasteiger partial charge in [0.25, 0.3) is 5.91 Å². The molecule has 1 unspecified atom stereocenters. The molecular weight excluding hydrogens is 393 g/mol. The van der Waals surface area contributed by atoms with Gasteiger partial charge in [0.05, 0.1) is 11.5 Å². The molecule has 0 saturated carbocycles. The Bertz CT molecular complexity index is 1110. The van der Waals surface area contributed by atoms with E-state index in [1.165, 1.54) is 12.1 Å². The summed E-state index contributed by atoms with van der Waals surface area (Å²) in [5.74, 6) is -0.402. The van der Waals surface area contributed by atoms with Crippen LogP contribution in [-0.2, 0) is 4.79 Å². The summed E-state index contributed by atoms with van der Waals surface area (Å²) in [6, 6.07) is 19.3. The average molecular weight is 415 g/mol. The molecule has 2 aromatic carbocycles. The van der Waals surface area contributed by atoms with Crippen molar-refractivity contribution in [1.82, 2.24) is 9.88 Å². The summed E-state index contributed by atoms with van der Waals surface area (Å²) in [7, 11) is 0. The number of aromatic nitrogens is 1. The number of carbonyl (C=O) groups excluding carboxylic acids is 2. The molecule has 2 saturated heterocycles. The number of likely N-dealkylation sites (tertiary alicyclic amines) is 1. The molecule has 156 valence electrons. The van der Waals surface area contributed by atoms with E-state index in [1.54, 1.807) is 46.5 Å². The van der Waals surface area contributed by atoms with Gasteiger partial charge in [0.1, 0.15) is 5.82 Å². The second kappa shape index (κ2) is 7.61.